The number of hydrogen-bond donors (Lipinski definition) is 1. The number of rotatable bonds is 5. The summed E-state index contributed by atoms with van der Waals surface area (Å²) in [5.41, 5.74) is 0.934. The molecule has 0 bridgehead atoms. The molecule has 1 aliphatic carbocycles. The Morgan fingerprint density at radius 2 is 1.69 bits per heavy atom. The van der Waals surface area contributed by atoms with E-state index < -0.39 is 12.0 Å². The molecule has 2 amide bonds. The van der Waals surface area contributed by atoms with Crippen molar-refractivity contribution >= 4 is 17.8 Å². The Hall–Kier alpha value is -2.21. The van der Waals surface area contributed by atoms with Gasteiger partial charge in [0.05, 0.1) is 11.1 Å². The van der Waals surface area contributed by atoms with Crippen LogP contribution < -0.4 is 0 Å². The van der Waals surface area contributed by atoms with Crippen LogP contribution in [0.15, 0.2) is 24.3 Å². The van der Waals surface area contributed by atoms with Crippen LogP contribution in [0.3, 0.4) is 0 Å². The number of fused-ring (bicyclic) bond motifs is 2. The number of hydrogen-bond acceptors (Lipinski definition) is 4. The molecule has 6 heteroatoms. The second-order valence-electron chi connectivity index (χ2n) is 7.60. The first-order valence-corrected chi connectivity index (χ1v) is 9.51. The zero-order valence-electron chi connectivity index (χ0n) is 14.8. The number of aliphatic carboxylic acids is 1. The number of nitrogens with zero attached hydrogens (tertiary/aromatic N) is 2. The Kier molecular flexibility index (Phi) is 4.53. The normalized spacial score (nSPS) is 28.3. The van der Waals surface area contributed by atoms with Gasteiger partial charge in [-0.25, -0.2) is 0 Å². The molecule has 2 fully saturated rings. The van der Waals surface area contributed by atoms with Gasteiger partial charge in [-0.15, -0.1) is 0 Å². The fourth-order valence-electron chi connectivity index (χ4n) is 4.97. The van der Waals surface area contributed by atoms with Crippen LogP contribution in [0.25, 0.3) is 0 Å². The minimum Gasteiger partial charge on any atom is -0.480 e. The van der Waals surface area contributed by atoms with Crippen LogP contribution in [0.4, 0.5) is 0 Å². The van der Waals surface area contributed by atoms with Gasteiger partial charge in [0.15, 0.2) is 0 Å². The highest BCUT2D eigenvalue weighted by Crippen LogP contribution is 2.39. The van der Waals surface area contributed by atoms with Gasteiger partial charge >= 0.3 is 5.97 Å². The van der Waals surface area contributed by atoms with E-state index in [9.17, 15) is 19.5 Å². The van der Waals surface area contributed by atoms with Crippen LogP contribution >= 0.6 is 0 Å². The summed E-state index contributed by atoms with van der Waals surface area (Å²) >= 11 is 0. The second kappa shape index (κ2) is 6.83. The molecule has 4 rings (SSSR count). The average molecular weight is 356 g/mol. The van der Waals surface area contributed by atoms with Crippen LogP contribution in [0, 0.1) is 5.92 Å². The van der Waals surface area contributed by atoms with Crippen molar-refractivity contribution < 1.29 is 19.5 Å². The third-order valence-electron chi connectivity index (χ3n) is 6.18. The largest absolute Gasteiger partial charge is 0.480 e. The van der Waals surface area contributed by atoms with E-state index >= 15 is 0 Å². The van der Waals surface area contributed by atoms with Crippen molar-refractivity contribution in [3.05, 3.63) is 35.4 Å². The van der Waals surface area contributed by atoms with Crippen molar-refractivity contribution in [2.45, 2.75) is 50.6 Å². The lowest BCUT2D eigenvalue weighted by atomic mass is 9.85. The number of amides is 2. The number of imide groups is 1. The molecule has 3 atom stereocenters. The van der Waals surface area contributed by atoms with E-state index in [1.165, 1.54) is 11.3 Å². The molecule has 1 saturated heterocycles. The van der Waals surface area contributed by atoms with Crippen LogP contribution in [0.1, 0.15) is 59.2 Å². The van der Waals surface area contributed by atoms with E-state index in [2.05, 4.69) is 4.90 Å². The van der Waals surface area contributed by atoms with Gasteiger partial charge in [0, 0.05) is 19.1 Å². The van der Waals surface area contributed by atoms with E-state index in [1.54, 1.807) is 24.3 Å². The molecule has 138 valence electrons. The summed E-state index contributed by atoms with van der Waals surface area (Å²) in [6, 6.07) is 6.81. The first-order chi connectivity index (χ1) is 12.6. The maximum atomic E-state index is 12.4. The lowest BCUT2D eigenvalue weighted by molar-refractivity contribution is -0.142. The topological polar surface area (TPSA) is 77.9 Å². The van der Waals surface area contributed by atoms with Gasteiger partial charge in [0.25, 0.3) is 11.8 Å². The number of benzene rings is 1. The van der Waals surface area contributed by atoms with Gasteiger partial charge in [-0.05, 0) is 43.7 Å². The van der Waals surface area contributed by atoms with Crippen molar-refractivity contribution in [2.24, 2.45) is 5.92 Å². The third-order valence-corrected chi connectivity index (χ3v) is 6.18. The number of likely N-dealkylation sites (tertiary alicyclic amines) is 1. The van der Waals surface area contributed by atoms with Crippen molar-refractivity contribution in [1.82, 2.24) is 9.80 Å². The molecule has 1 saturated carbocycles. The molecule has 1 aromatic rings. The monoisotopic (exact) mass is 356 g/mol. The summed E-state index contributed by atoms with van der Waals surface area (Å²) in [4.78, 5) is 39.9. The van der Waals surface area contributed by atoms with E-state index in [1.807, 2.05) is 0 Å². The Balaban J connectivity index is 1.40. The van der Waals surface area contributed by atoms with E-state index in [0.29, 0.717) is 42.6 Å². The van der Waals surface area contributed by atoms with Gasteiger partial charge in [0.1, 0.15) is 6.04 Å². The minimum atomic E-state index is -0.750. The molecule has 1 N–H and O–H groups in total. The summed E-state index contributed by atoms with van der Waals surface area (Å²) in [7, 11) is 0. The van der Waals surface area contributed by atoms with E-state index in [4.69, 9.17) is 0 Å². The summed E-state index contributed by atoms with van der Waals surface area (Å²) in [6.45, 7) is 0.956. The Morgan fingerprint density at radius 3 is 2.35 bits per heavy atom. The first-order valence-electron chi connectivity index (χ1n) is 9.51. The summed E-state index contributed by atoms with van der Waals surface area (Å²) in [5.74, 6) is -0.751. The van der Waals surface area contributed by atoms with Crippen LogP contribution in [0.2, 0.25) is 0 Å². The fraction of sp³-hybridized carbons (Fsp3) is 0.550. The Labute approximate surface area is 152 Å². The highest BCUT2D eigenvalue weighted by atomic mass is 16.4. The predicted octanol–water partition coefficient (Wildman–Crippen LogP) is 2.39. The van der Waals surface area contributed by atoms with E-state index in [-0.39, 0.29) is 11.8 Å². The lowest BCUT2D eigenvalue weighted by Gasteiger charge is -2.33. The molecule has 2 aliphatic heterocycles. The zero-order valence-corrected chi connectivity index (χ0v) is 14.8. The third kappa shape index (κ3) is 2.82. The quantitative estimate of drug-likeness (QED) is 0.820. The maximum Gasteiger partial charge on any atom is 0.320 e. The lowest BCUT2D eigenvalue weighted by Crippen LogP contribution is -2.44. The smallest absolute Gasteiger partial charge is 0.320 e. The summed E-state index contributed by atoms with van der Waals surface area (Å²) in [6.07, 6.45) is 5.86. The molecule has 0 spiro atoms. The van der Waals surface area contributed by atoms with Crippen LogP contribution in [-0.4, -0.2) is 57.9 Å². The number of carboxylic acid groups (broad SMARTS) is 1. The molecule has 3 aliphatic rings. The van der Waals surface area contributed by atoms with Gasteiger partial charge < -0.3 is 5.11 Å². The number of carbonyl (C=O) groups excluding carboxylic acids is 2. The van der Waals surface area contributed by atoms with Gasteiger partial charge in [0.2, 0.25) is 0 Å². The molecule has 0 radical (unpaired) electrons. The first kappa shape index (κ1) is 17.2. The molecule has 26 heavy (non-hydrogen) atoms. The molecular weight excluding hydrogens is 332 g/mol. The minimum absolute atomic E-state index is 0.239. The van der Waals surface area contributed by atoms with Gasteiger partial charge in [-0.2, -0.15) is 0 Å². The number of carbonyl (C=O) groups is 3. The SMILES string of the molecule is O=C(O)C1CC2CCCCC2N1CCCN1C(=O)c2ccccc2C1=O. The highest BCUT2D eigenvalue weighted by molar-refractivity contribution is 6.21. The summed E-state index contributed by atoms with van der Waals surface area (Å²) in [5, 5.41) is 9.58. The molecule has 0 aromatic heterocycles. The predicted molar refractivity (Wildman–Crippen MR) is 94.9 cm³/mol. The zero-order chi connectivity index (χ0) is 18.3. The Bertz CT molecular complexity index is 712. The van der Waals surface area contributed by atoms with Crippen molar-refractivity contribution in [3.63, 3.8) is 0 Å². The fourth-order valence-corrected chi connectivity index (χ4v) is 4.97. The van der Waals surface area contributed by atoms with Gasteiger partial charge in [-0.3, -0.25) is 24.2 Å². The standard InChI is InChI=1S/C20H24N2O4/c23-18-14-7-2-3-8-15(14)19(24)22(18)11-5-10-21-16-9-4-1-6-13(16)12-17(21)20(25)26/h2-3,7-8,13,16-17H,1,4-6,9-12H2,(H,25,26). The molecule has 3 unspecified atom stereocenters. The number of carboxylic acids is 1. The average Bonchev–Trinajstić information content (AvgIpc) is 3.13. The molecule has 2 heterocycles. The van der Waals surface area contributed by atoms with Crippen LogP contribution in [-0.2, 0) is 4.79 Å². The van der Waals surface area contributed by atoms with Crippen molar-refractivity contribution in [1.29, 1.82) is 0 Å². The summed E-state index contributed by atoms with van der Waals surface area (Å²) < 4.78 is 0. The molecule has 1 aromatic carbocycles. The van der Waals surface area contributed by atoms with Crippen molar-refractivity contribution in [3.8, 4) is 0 Å². The molecular formula is C20H24N2O4. The second-order valence-corrected chi connectivity index (χ2v) is 7.60. The molecule has 6 nitrogen and oxygen atoms in total. The van der Waals surface area contributed by atoms with Crippen molar-refractivity contribution in [2.75, 3.05) is 13.1 Å². The van der Waals surface area contributed by atoms with Gasteiger partial charge in [-0.1, -0.05) is 25.0 Å². The maximum absolute atomic E-state index is 12.4. The highest BCUT2D eigenvalue weighted by Gasteiger charge is 2.45. The Morgan fingerprint density at radius 1 is 1.04 bits per heavy atom. The van der Waals surface area contributed by atoms with E-state index in [0.717, 1.165) is 25.7 Å². The van der Waals surface area contributed by atoms with Crippen LogP contribution in [0.5, 0.6) is 0 Å².